The van der Waals surface area contributed by atoms with Gasteiger partial charge in [0.25, 0.3) is 0 Å². The number of nitrogens with two attached hydrogens (primary N) is 1. The smallest absolute Gasteiger partial charge is 0.208 e. The van der Waals surface area contributed by atoms with Gasteiger partial charge in [-0.3, -0.25) is 0 Å². The Bertz CT molecular complexity index is 727. The number of aromatic nitrogens is 2. The zero-order valence-corrected chi connectivity index (χ0v) is 15.6. The van der Waals surface area contributed by atoms with Gasteiger partial charge in [0.15, 0.2) is 0 Å². The third kappa shape index (κ3) is 5.84. The highest BCUT2D eigenvalue weighted by atomic mass is 15.2. The van der Waals surface area contributed by atoms with Crippen LogP contribution in [0.15, 0.2) is 74.8 Å². The molecule has 134 valence electrons. The van der Waals surface area contributed by atoms with Gasteiger partial charge < -0.3 is 15.6 Å². The van der Waals surface area contributed by atoms with Crippen molar-refractivity contribution in [2.24, 2.45) is 0 Å². The third-order valence-electron chi connectivity index (χ3n) is 3.14. The molecule has 0 saturated carbocycles. The van der Waals surface area contributed by atoms with Crippen molar-refractivity contribution >= 4 is 28.4 Å². The highest BCUT2D eigenvalue weighted by Gasteiger charge is 2.08. The molecule has 2 aromatic carbocycles. The second kappa shape index (κ2) is 12.4. The molecule has 0 aliphatic carbocycles. The quantitative estimate of drug-likeness (QED) is 0.454. The first-order chi connectivity index (χ1) is 12.3. The van der Waals surface area contributed by atoms with Crippen molar-refractivity contribution < 1.29 is 0 Å². The summed E-state index contributed by atoms with van der Waals surface area (Å²) >= 11 is 0. The molecule has 3 N–H and O–H groups in total. The van der Waals surface area contributed by atoms with E-state index < -0.39 is 0 Å². The number of fused-ring (bicyclic) bond motifs is 1. The van der Waals surface area contributed by atoms with E-state index in [2.05, 4.69) is 54.2 Å². The molecule has 0 saturated heterocycles. The Morgan fingerprint density at radius 2 is 1.52 bits per heavy atom. The summed E-state index contributed by atoms with van der Waals surface area (Å²) in [7, 11) is 0. The number of hydrogen-bond donors (Lipinski definition) is 2. The van der Waals surface area contributed by atoms with E-state index in [4.69, 9.17) is 5.73 Å². The molecule has 0 unspecified atom stereocenters. The zero-order valence-electron chi connectivity index (χ0n) is 15.6. The number of nitrogen functional groups attached to an aromatic ring is 1. The summed E-state index contributed by atoms with van der Waals surface area (Å²) < 4.78 is 2.16. The summed E-state index contributed by atoms with van der Waals surface area (Å²) in [5, 5.41) is 3.34. The lowest BCUT2D eigenvalue weighted by atomic mass is 10.3. The van der Waals surface area contributed by atoms with Gasteiger partial charge in [-0.2, -0.15) is 0 Å². The summed E-state index contributed by atoms with van der Waals surface area (Å²) in [5.74, 6) is 0.855. The maximum Gasteiger partial charge on any atom is 0.208 e. The molecule has 4 nitrogen and oxygen atoms in total. The first kappa shape index (κ1) is 22.0. The molecule has 1 aromatic heterocycles. The number of hydrogen-bond acceptors (Lipinski definition) is 3. The Labute approximate surface area is 151 Å². The fourth-order valence-electron chi connectivity index (χ4n) is 2.19. The number of imidazole rings is 1. The van der Waals surface area contributed by atoms with Crippen LogP contribution in [0, 0.1) is 0 Å². The van der Waals surface area contributed by atoms with E-state index in [0.29, 0.717) is 0 Å². The number of rotatable bonds is 3. The second-order valence-electron chi connectivity index (χ2n) is 4.42. The van der Waals surface area contributed by atoms with Crippen LogP contribution in [-0.2, 0) is 6.54 Å². The van der Waals surface area contributed by atoms with Gasteiger partial charge in [0.2, 0.25) is 5.95 Å². The molecular weight excluding hydrogens is 308 g/mol. The number of aryl methyl sites for hydroxylation is 1. The number of nitrogens with one attached hydrogen (secondary N) is 1. The van der Waals surface area contributed by atoms with Gasteiger partial charge in [0.05, 0.1) is 11.0 Å². The molecule has 3 rings (SSSR count). The molecule has 0 fully saturated rings. The van der Waals surface area contributed by atoms with Crippen LogP contribution in [0.5, 0.6) is 0 Å². The lowest BCUT2D eigenvalue weighted by molar-refractivity contribution is 0.797. The first-order valence-corrected chi connectivity index (χ1v) is 8.36. The van der Waals surface area contributed by atoms with Crippen molar-refractivity contribution in [2.45, 2.75) is 27.3 Å². The number of para-hydroxylation sites is 2. The predicted octanol–water partition coefficient (Wildman–Crippen LogP) is 6.01. The average molecular weight is 338 g/mol. The molecular formula is C21H30N4. The Hall–Kier alpha value is -3.01. The van der Waals surface area contributed by atoms with Crippen molar-refractivity contribution in [3.63, 3.8) is 0 Å². The molecule has 3 aromatic rings. The minimum Gasteiger partial charge on any atom is -0.399 e. The van der Waals surface area contributed by atoms with E-state index in [9.17, 15) is 0 Å². The summed E-state index contributed by atoms with van der Waals surface area (Å²) in [4.78, 5) is 4.62. The summed E-state index contributed by atoms with van der Waals surface area (Å²) in [6, 6.07) is 15.8. The van der Waals surface area contributed by atoms with Crippen LogP contribution in [0.3, 0.4) is 0 Å². The standard InChI is InChI=1S/C15H16N4.C2H6.2C2H4/c1-2-19-14-6-4-3-5-13(14)18-15(19)17-12-9-7-11(16)8-10-12;3*1-2/h3-10H,2,16H2,1H3,(H,17,18);1-2H3;2*1-2H2. The van der Waals surface area contributed by atoms with Crippen LogP contribution in [0.4, 0.5) is 17.3 Å². The summed E-state index contributed by atoms with van der Waals surface area (Å²) in [6.45, 7) is 19.0. The number of benzene rings is 2. The third-order valence-corrected chi connectivity index (χ3v) is 3.14. The van der Waals surface area contributed by atoms with Gasteiger partial charge in [-0.15, -0.1) is 26.3 Å². The largest absolute Gasteiger partial charge is 0.399 e. The molecule has 0 atom stereocenters. The second-order valence-corrected chi connectivity index (χ2v) is 4.42. The fraction of sp³-hybridized carbons (Fsp3) is 0.190. The maximum absolute atomic E-state index is 5.69. The van der Waals surface area contributed by atoms with Crippen LogP contribution in [0.25, 0.3) is 11.0 Å². The average Bonchev–Trinajstić information content (AvgIpc) is 3.05. The van der Waals surface area contributed by atoms with E-state index in [1.54, 1.807) is 0 Å². The Balaban J connectivity index is 0.000000871. The highest BCUT2D eigenvalue weighted by molar-refractivity contribution is 5.79. The monoisotopic (exact) mass is 338 g/mol. The molecule has 0 radical (unpaired) electrons. The van der Waals surface area contributed by atoms with Crippen molar-refractivity contribution in [2.75, 3.05) is 11.1 Å². The van der Waals surface area contributed by atoms with E-state index in [1.807, 2.05) is 56.3 Å². The molecule has 0 spiro atoms. The van der Waals surface area contributed by atoms with E-state index in [1.165, 1.54) is 0 Å². The first-order valence-electron chi connectivity index (χ1n) is 8.36. The van der Waals surface area contributed by atoms with Crippen molar-refractivity contribution in [3.05, 3.63) is 74.8 Å². The normalized spacial score (nSPS) is 8.76. The molecule has 4 heteroatoms. The number of anilines is 3. The zero-order chi connectivity index (χ0) is 19.2. The van der Waals surface area contributed by atoms with Gasteiger partial charge in [0, 0.05) is 17.9 Å². The summed E-state index contributed by atoms with van der Waals surface area (Å²) in [5.41, 5.74) is 9.58. The predicted molar refractivity (Wildman–Crippen MR) is 113 cm³/mol. The minimum absolute atomic E-state index is 0.759. The molecule has 0 amide bonds. The van der Waals surface area contributed by atoms with Gasteiger partial charge in [-0.25, -0.2) is 4.98 Å². The minimum atomic E-state index is 0.759. The Morgan fingerprint density at radius 1 is 0.960 bits per heavy atom. The Morgan fingerprint density at radius 3 is 2.08 bits per heavy atom. The van der Waals surface area contributed by atoms with Crippen LogP contribution >= 0.6 is 0 Å². The van der Waals surface area contributed by atoms with Gasteiger partial charge in [0.1, 0.15) is 0 Å². The van der Waals surface area contributed by atoms with Crippen LogP contribution in [0.1, 0.15) is 20.8 Å². The van der Waals surface area contributed by atoms with Crippen LogP contribution < -0.4 is 11.1 Å². The summed E-state index contributed by atoms with van der Waals surface area (Å²) in [6.07, 6.45) is 0. The van der Waals surface area contributed by atoms with Crippen molar-refractivity contribution in [3.8, 4) is 0 Å². The van der Waals surface area contributed by atoms with E-state index >= 15 is 0 Å². The fourth-order valence-corrected chi connectivity index (χ4v) is 2.19. The molecule has 1 heterocycles. The van der Waals surface area contributed by atoms with Crippen molar-refractivity contribution in [1.29, 1.82) is 0 Å². The maximum atomic E-state index is 5.69. The lowest BCUT2D eigenvalue weighted by Gasteiger charge is -2.08. The SMILES string of the molecule is C=C.C=C.CC.CCn1c(Nc2ccc(N)cc2)nc2ccccc21. The van der Waals surface area contributed by atoms with Gasteiger partial charge in [-0.1, -0.05) is 26.0 Å². The topological polar surface area (TPSA) is 55.9 Å². The molecule has 0 aliphatic rings. The van der Waals surface area contributed by atoms with Crippen LogP contribution in [0.2, 0.25) is 0 Å². The lowest BCUT2D eigenvalue weighted by Crippen LogP contribution is -2.02. The van der Waals surface area contributed by atoms with Crippen molar-refractivity contribution in [1.82, 2.24) is 9.55 Å². The van der Waals surface area contributed by atoms with E-state index in [-0.39, 0.29) is 0 Å². The number of nitrogens with zero attached hydrogens (tertiary/aromatic N) is 2. The van der Waals surface area contributed by atoms with E-state index in [0.717, 1.165) is 34.9 Å². The molecule has 0 bridgehead atoms. The molecule has 25 heavy (non-hydrogen) atoms. The highest BCUT2D eigenvalue weighted by Crippen LogP contribution is 2.23. The Kier molecular flexibility index (Phi) is 10.9. The molecule has 0 aliphatic heterocycles. The van der Waals surface area contributed by atoms with Gasteiger partial charge >= 0.3 is 0 Å². The van der Waals surface area contributed by atoms with Crippen LogP contribution in [-0.4, -0.2) is 9.55 Å². The van der Waals surface area contributed by atoms with Gasteiger partial charge in [-0.05, 0) is 43.3 Å².